The summed E-state index contributed by atoms with van der Waals surface area (Å²) in [6.45, 7) is 0. The van der Waals surface area contributed by atoms with E-state index >= 15 is 0 Å². The topological polar surface area (TPSA) is 8.17 Å². The van der Waals surface area contributed by atoms with Crippen molar-refractivity contribution >= 4 is 38.9 Å². The number of anilines is 3. The summed E-state index contributed by atoms with van der Waals surface area (Å²) in [5.74, 6) is 0. The second kappa shape index (κ2) is 16.1. The molecule has 292 valence electrons. The molecule has 0 N–H and O–H groups in total. The van der Waals surface area contributed by atoms with E-state index in [0.29, 0.717) is 0 Å². The van der Waals surface area contributed by atoms with Crippen LogP contribution in [0.2, 0.25) is 0 Å². The fraction of sp³-hybridized carbons (Fsp3) is 0. The maximum Gasteiger partial charge on any atom is 0.0541 e. The zero-order valence-electron chi connectivity index (χ0n) is 34.1. The Kier molecular flexibility index (Phi) is 9.57. The Morgan fingerprint density at radius 1 is 0.242 bits per heavy atom. The number of rotatable bonds is 9. The summed E-state index contributed by atoms with van der Waals surface area (Å²) < 4.78 is 2.39. The van der Waals surface area contributed by atoms with Crippen LogP contribution in [0.4, 0.5) is 17.1 Å². The molecule has 0 aliphatic carbocycles. The van der Waals surface area contributed by atoms with Gasteiger partial charge in [0.1, 0.15) is 0 Å². The first-order valence-electron chi connectivity index (χ1n) is 21.3. The third-order valence-electron chi connectivity index (χ3n) is 12.0. The molecule has 0 aliphatic heterocycles. The molecule has 2 nitrogen and oxygen atoms in total. The van der Waals surface area contributed by atoms with E-state index < -0.39 is 0 Å². The van der Waals surface area contributed by atoms with Gasteiger partial charge in [0, 0.05) is 33.5 Å². The summed E-state index contributed by atoms with van der Waals surface area (Å²) in [6.07, 6.45) is 0. The molecule has 1 heterocycles. The van der Waals surface area contributed by atoms with Gasteiger partial charge in [-0.25, -0.2) is 0 Å². The van der Waals surface area contributed by atoms with Crippen LogP contribution in [0.15, 0.2) is 255 Å². The van der Waals surface area contributed by atoms with E-state index in [-0.39, 0.29) is 0 Å². The van der Waals surface area contributed by atoms with Gasteiger partial charge in [-0.3, -0.25) is 0 Å². The zero-order valence-corrected chi connectivity index (χ0v) is 34.1. The van der Waals surface area contributed by atoms with Gasteiger partial charge in [-0.1, -0.05) is 188 Å². The highest BCUT2D eigenvalue weighted by molar-refractivity contribution is 6.11. The predicted molar refractivity (Wildman–Crippen MR) is 263 cm³/mol. The summed E-state index contributed by atoms with van der Waals surface area (Å²) in [5.41, 5.74) is 18.9. The number of para-hydroxylation sites is 2. The average molecular weight is 791 g/mol. The summed E-state index contributed by atoms with van der Waals surface area (Å²) in [4.78, 5) is 2.35. The SMILES string of the molecule is c1ccc(-c2ccc(-n3c4ccccc4c4cc(-c5ccccc5-c5ccc(N(c6ccccc6)c6cccc(-c7ccccc7-c7ccccc7)c6)cc5)ccc43)cc2)cc1. The fourth-order valence-corrected chi connectivity index (χ4v) is 9.07. The van der Waals surface area contributed by atoms with Crippen molar-refractivity contribution in [3.05, 3.63) is 255 Å². The highest BCUT2D eigenvalue weighted by atomic mass is 15.1. The van der Waals surface area contributed by atoms with Gasteiger partial charge in [-0.15, -0.1) is 0 Å². The van der Waals surface area contributed by atoms with Crippen molar-refractivity contribution in [2.45, 2.75) is 0 Å². The first kappa shape index (κ1) is 36.8. The molecule has 0 atom stereocenters. The summed E-state index contributed by atoms with van der Waals surface area (Å²) in [7, 11) is 0. The molecule has 0 unspecified atom stereocenters. The molecule has 11 aromatic rings. The number of nitrogens with zero attached hydrogens (tertiary/aromatic N) is 2. The Morgan fingerprint density at radius 2 is 0.661 bits per heavy atom. The predicted octanol–water partition coefficient (Wildman–Crippen LogP) is 16.6. The minimum atomic E-state index is 1.09. The van der Waals surface area contributed by atoms with Crippen LogP contribution < -0.4 is 4.90 Å². The fourth-order valence-electron chi connectivity index (χ4n) is 9.07. The Morgan fingerprint density at radius 3 is 1.32 bits per heavy atom. The first-order chi connectivity index (χ1) is 30.8. The molecule has 2 heteroatoms. The molecule has 0 aliphatic rings. The van der Waals surface area contributed by atoms with Crippen molar-refractivity contribution in [1.29, 1.82) is 0 Å². The van der Waals surface area contributed by atoms with E-state index in [0.717, 1.165) is 22.7 Å². The third-order valence-corrected chi connectivity index (χ3v) is 12.0. The van der Waals surface area contributed by atoms with Crippen LogP contribution >= 0.6 is 0 Å². The molecule has 0 saturated heterocycles. The van der Waals surface area contributed by atoms with E-state index in [2.05, 4.69) is 264 Å². The van der Waals surface area contributed by atoms with Crippen molar-refractivity contribution in [3.63, 3.8) is 0 Å². The normalized spacial score (nSPS) is 11.2. The van der Waals surface area contributed by atoms with E-state index in [1.807, 2.05) is 0 Å². The highest BCUT2D eigenvalue weighted by Crippen LogP contribution is 2.42. The van der Waals surface area contributed by atoms with Gasteiger partial charge in [0.15, 0.2) is 0 Å². The maximum atomic E-state index is 2.39. The number of hydrogen-bond acceptors (Lipinski definition) is 1. The van der Waals surface area contributed by atoms with Crippen LogP contribution in [-0.2, 0) is 0 Å². The average Bonchev–Trinajstić information content (AvgIpc) is 3.69. The third kappa shape index (κ3) is 6.84. The first-order valence-corrected chi connectivity index (χ1v) is 21.3. The molecule has 0 fully saturated rings. The van der Waals surface area contributed by atoms with Gasteiger partial charge in [0.2, 0.25) is 0 Å². The van der Waals surface area contributed by atoms with Crippen LogP contribution in [0.1, 0.15) is 0 Å². The number of benzene rings is 10. The summed E-state index contributed by atoms with van der Waals surface area (Å²) in [6, 6.07) is 91.9. The lowest BCUT2D eigenvalue weighted by molar-refractivity contribution is 1.18. The van der Waals surface area contributed by atoms with Gasteiger partial charge in [-0.2, -0.15) is 0 Å². The second-order valence-electron chi connectivity index (χ2n) is 15.7. The second-order valence-corrected chi connectivity index (χ2v) is 15.7. The zero-order chi connectivity index (χ0) is 41.2. The number of aromatic nitrogens is 1. The smallest absolute Gasteiger partial charge is 0.0541 e. The lowest BCUT2D eigenvalue weighted by Gasteiger charge is -2.26. The Bertz CT molecular complexity index is 3310. The van der Waals surface area contributed by atoms with Crippen LogP contribution in [0.5, 0.6) is 0 Å². The largest absolute Gasteiger partial charge is 0.310 e. The van der Waals surface area contributed by atoms with Crippen molar-refractivity contribution < 1.29 is 0 Å². The molecule has 11 rings (SSSR count). The molecule has 10 aromatic carbocycles. The molecule has 62 heavy (non-hydrogen) atoms. The molecule has 0 radical (unpaired) electrons. The van der Waals surface area contributed by atoms with Gasteiger partial charge in [0.25, 0.3) is 0 Å². The Labute approximate surface area is 362 Å². The molecule has 0 saturated carbocycles. The van der Waals surface area contributed by atoms with Gasteiger partial charge in [0.05, 0.1) is 11.0 Å². The highest BCUT2D eigenvalue weighted by Gasteiger charge is 2.18. The Balaban J connectivity index is 0.955. The monoisotopic (exact) mass is 790 g/mol. The maximum absolute atomic E-state index is 2.39. The van der Waals surface area contributed by atoms with E-state index in [9.17, 15) is 0 Å². The van der Waals surface area contributed by atoms with Gasteiger partial charge >= 0.3 is 0 Å². The Hall–Kier alpha value is -8.20. The quantitative estimate of drug-likeness (QED) is 0.141. The molecule has 0 spiro atoms. The molecule has 1 aromatic heterocycles. The van der Waals surface area contributed by atoms with Crippen LogP contribution in [0.25, 0.3) is 83.1 Å². The minimum absolute atomic E-state index is 1.09. The van der Waals surface area contributed by atoms with Gasteiger partial charge in [-0.05, 0) is 122 Å². The number of fused-ring (bicyclic) bond motifs is 3. The summed E-state index contributed by atoms with van der Waals surface area (Å²) >= 11 is 0. The summed E-state index contributed by atoms with van der Waals surface area (Å²) in [5, 5.41) is 2.48. The van der Waals surface area contributed by atoms with E-state index in [4.69, 9.17) is 0 Å². The van der Waals surface area contributed by atoms with Crippen molar-refractivity contribution in [1.82, 2.24) is 4.57 Å². The van der Waals surface area contributed by atoms with Crippen LogP contribution in [-0.4, -0.2) is 4.57 Å². The van der Waals surface area contributed by atoms with Crippen LogP contribution in [0.3, 0.4) is 0 Å². The molecular weight excluding hydrogens is 749 g/mol. The standard InChI is InChI=1S/C60H42N2/c1-4-17-43(18-5-1)44-31-36-51(37-32-44)62-59-30-15-14-29-57(59)58-42-48(35-40-60(58)62)56-28-13-11-26-54(56)46-33-38-50(39-34-46)61(49-22-8-3-9-23-49)52-24-16-21-47(41-52)55-27-12-10-25-53(55)45-19-6-2-7-20-45/h1-42H. The minimum Gasteiger partial charge on any atom is -0.310 e. The van der Waals surface area contributed by atoms with Crippen molar-refractivity contribution in [2.24, 2.45) is 0 Å². The molecule has 0 amide bonds. The van der Waals surface area contributed by atoms with Gasteiger partial charge < -0.3 is 9.47 Å². The molecular formula is C60H42N2. The molecule has 0 bridgehead atoms. The number of hydrogen-bond donors (Lipinski definition) is 0. The van der Waals surface area contributed by atoms with E-state index in [1.54, 1.807) is 0 Å². The lowest BCUT2D eigenvalue weighted by Crippen LogP contribution is -2.09. The lowest BCUT2D eigenvalue weighted by atomic mass is 9.93. The van der Waals surface area contributed by atoms with Crippen LogP contribution in [0, 0.1) is 0 Å². The van der Waals surface area contributed by atoms with E-state index in [1.165, 1.54) is 77.4 Å². The van der Waals surface area contributed by atoms with Crippen molar-refractivity contribution in [2.75, 3.05) is 4.90 Å². The van der Waals surface area contributed by atoms with Crippen molar-refractivity contribution in [3.8, 4) is 61.3 Å².